The Morgan fingerprint density at radius 1 is 0.754 bits per heavy atom. The molecule has 0 aliphatic carbocycles. The van der Waals surface area contributed by atoms with E-state index in [-0.39, 0.29) is 23.9 Å². The van der Waals surface area contributed by atoms with Crippen molar-refractivity contribution < 1.29 is 23.8 Å². The van der Waals surface area contributed by atoms with E-state index in [0.29, 0.717) is 92.6 Å². The molecule has 2 aromatic carbocycles. The van der Waals surface area contributed by atoms with Crippen LogP contribution in [0.4, 0.5) is 0 Å². The van der Waals surface area contributed by atoms with Gasteiger partial charge in [-0.25, -0.2) is 19.9 Å². The van der Waals surface area contributed by atoms with Crippen LogP contribution in [-0.2, 0) is 30.0 Å². The lowest BCUT2D eigenvalue weighted by atomic mass is 10.1. The molecule has 2 amide bonds. The largest absolute Gasteiger partial charge is 0.457 e. The summed E-state index contributed by atoms with van der Waals surface area (Å²) in [5.74, 6) is 0.919. The van der Waals surface area contributed by atoms with Crippen LogP contribution in [0.2, 0.25) is 56.4 Å². The number of aromatic nitrogens is 8. The van der Waals surface area contributed by atoms with Crippen LogP contribution in [0.1, 0.15) is 48.4 Å². The lowest BCUT2D eigenvalue weighted by molar-refractivity contribution is 0.0886. The number of hydrogen-bond acceptors (Lipinski definition) is 10. The highest BCUT2D eigenvalue weighted by Crippen LogP contribution is 2.33. The van der Waals surface area contributed by atoms with Gasteiger partial charge < -0.3 is 34.0 Å². The second-order valence-electron chi connectivity index (χ2n) is 19.0. The Morgan fingerprint density at radius 2 is 1.29 bits per heavy atom. The van der Waals surface area contributed by atoms with Gasteiger partial charge in [-0.2, -0.15) is 5.10 Å². The first kappa shape index (κ1) is 49.4. The van der Waals surface area contributed by atoms with Crippen molar-refractivity contribution in [3.63, 3.8) is 0 Å². The Bertz CT molecular complexity index is 2790. The van der Waals surface area contributed by atoms with Crippen LogP contribution in [0, 0.1) is 0 Å². The number of rotatable bonds is 17. The first-order chi connectivity index (χ1) is 30.7. The number of nitrogens with zero attached hydrogens (tertiary/aromatic N) is 8. The molecule has 15 nitrogen and oxygen atoms in total. The number of carbonyl (C=O) groups excluding carboxylic acids is 2. The Balaban J connectivity index is 0.000000248. The van der Waals surface area contributed by atoms with Gasteiger partial charge in [0.15, 0.2) is 11.3 Å². The van der Waals surface area contributed by atoms with Gasteiger partial charge in [-0.05, 0) is 92.1 Å². The van der Waals surface area contributed by atoms with E-state index in [1.165, 1.54) is 0 Å². The standard InChI is InChI=1S/C30H35ClN6O3Si.C16H25BrN4O2Si/c1-19(2)33-30(38)24-17-37(18-39-12-13-41(4,5)6)29-28(24)34-25(16-32-29)27-23-15-22(10-11-26(23)36(3)35-27)40-21-9-7-8-20(31)14-21;1-11(2)19-16(22)12-9-21(10-23-6-7-24(3,4)5)15-14(12)20-13(17)8-18-15/h7-11,14-17,19H,12-13,18H2,1-6H3,(H,33,38);8-9,11H,6-7,10H2,1-5H3,(H,19,22). The topological polar surface area (TPSA) is 165 Å². The molecule has 0 saturated heterocycles. The van der Waals surface area contributed by atoms with Crippen LogP contribution in [0.5, 0.6) is 11.5 Å². The number of amides is 2. The molecule has 19 heteroatoms. The van der Waals surface area contributed by atoms with Crippen LogP contribution in [0.15, 0.2) is 71.9 Å². The van der Waals surface area contributed by atoms with Crippen LogP contribution >= 0.6 is 27.5 Å². The van der Waals surface area contributed by atoms with Gasteiger partial charge in [0.2, 0.25) is 0 Å². The number of carbonyl (C=O) groups is 2. The van der Waals surface area contributed by atoms with Gasteiger partial charge in [0.1, 0.15) is 52.0 Å². The van der Waals surface area contributed by atoms with Gasteiger partial charge in [-0.3, -0.25) is 14.3 Å². The van der Waals surface area contributed by atoms with Crippen LogP contribution in [0.3, 0.4) is 0 Å². The van der Waals surface area contributed by atoms with Gasteiger partial charge in [0.25, 0.3) is 11.8 Å². The quantitative estimate of drug-likeness (QED) is 0.0663. The smallest absolute Gasteiger partial charge is 0.255 e. The number of hydrogen-bond donors (Lipinski definition) is 2. The summed E-state index contributed by atoms with van der Waals surface area (Å²) in [4.78, 5) is 44.1. The molecule has 0 saturated carbocycles. The summed E-state index contributed by atoms with van der Waals surface area (Å²) in [5, 5.41) is 12.1. The fourth-order valence-electron chi connectivity index (χ4n) is 6.65. The van der Waals surface area contributed by atoms with Gasteiger partial charge >= 0.3 is 0 Å². The van der Waals surface area contributed by atoms with E-state index in [4.69, 9.17) is 40.9 Å². The Kier molecular flexibility index (Phi) is 16.1. The van der Waals surface area contributed by atoms with Crippen molar-refractivity contribution in [1.82, 2.24) is 49.5 Å². The second kappa shape index (κ2) is 21.1. The molecule has 0 aliphatic rings. The average molecular weight is 1000 g/mol. The van der Waals surface area contributed by atoms with Gasteiger partial charge in [-0.15, -0.1) is 0 Å². The number of nitrogens with one attached hydrogen (secondary N) is 2. The maximum Gasteiger partial charge on any atom is 0.255 e. The van der Waals surface area contributed by atoms with E-state index in [9.17, 15) is 9.59 Å². The maximum absolute atomic E-state index is 13.2. The molecule has 0 unspecified atom stereocenters. The predicted molar refractivity (Wildman–Crippen MR) is 267 cm³/mol. The van der Waals surface area contributed by atoms with Crippen LogP contribution < -0.4 is 15.4 Å². The van der Waals surface area contributed by atoms with Crippen molar-refractivity contribution in [3.8, 4) is 22.9 Å². The minimum atomic E-state index is -1.22. The maximum atomic E-state index is 13.2. The van der Waals surface area contributed by atoms with Crippen molar-refractivity contribution >= 4 is 88.7 Å². The number of aryl methyl sites for hydroxylation is 1. The third-order valence-electron chi connectivity index (χ3n) is 9.98. The number of halogens is 2. The Morgan fingerprint density at radius 3 is 1.83 bits per heavy atom. The number of fused-ring (bicyclic) bond motifs is 3. The highest BCUT2D eigenvalue weighted by molar-refractivity contribution is 9.10. The predicted octanol–water partition coefficient (Wildman–Crippen LogP) is 10.5. The average Bonchev–Trinajstić information content (AvgIpc) is 3.87. The number of benzene rings is 2. The Hall–Kier alpha value is -4.99. The Labute approximate surface area is 395 Å². The zero-order valence-corrected chi connectivity index (χ0v) is 43.5. The molecule has 0 aliphatic heterocycles. The van der Waals surface area contributed by atoms with Gasteiger partial charge in [-0.1, -0.05) is 56.9 Å². The molecular formula is C46H60BrClN10O5Si2. The van der Waals surface area contributed by atoms with Crippen LogP contribution in [0.25, 0.3) is 44.6 Å². The lowest BCUT2D eigenvalue weighted by Crippen LogP contribution is -2.30. The van der Waals surface area contributed by atoms with Crippen molar-refractivity contribution in [2.75, 3.05) is 13.2 Å². The molecule has 0 fully saturated rings. The van der Waals surface area contributed by atoms with Crippen molar-refractivity contribution in [1.29, 1.82) is 0 Å². The molecule has 0 spiro atoms. The van der Waals surface area contributed by atoms with Crippen molar-refractivity contribution in [2.24, 2.45) is 7.05 Å². The third kappa shape index (κ3) is 13.3. The molecule has 5 heterocycles. The molecule has 346 valence electrons. The molecule has 5 aromatic heterocycles. The van der Waals surface area contributed by atoms with E-state index >= 15 is 0 Å². The summed E-state index contributed by atoms with van der Waals surface area (Å²) in [6.07, 6.45) is 6.86. The molecule has 7 aromatic rings. The van der Waals surface area contributed by atoms with E-state index in [1.807, 2.05) is 74.2 Å². The fraction of sp³-hybridized carbons (Fsp3) is 0.413. The molecule has 65 heavy (non-hydrogen) atoms. The summed E-state index contributed by atoms with van der Waals surface area (Å²) < 4.78 is 23.9. The summed E-state index contributed by atoms with van der Waals surface area (Å²) >= 11 is 9.46. The minimum absolute atomic E-state index is 0.0253. The molecule has 7 rings (SSSR count). The minimum Gasteiger partial charge on any atom is -0.457 e. The summed E-state index contributed by atoms with van der Waals surface area (Å²) in [5.41, 5.74) is 5.38. The van der Waals surface area contributed by atoms with E-state index in [0.717, 1.165) is 23.0 Å². The first-order valence-corrected chi connectivity index (χ1v) is 30.3. The second-order valence-corrected chi connectivity index (χ2v) is 31.5. The lowest BCUT2D eigenvalue weighted by Gasteiger charge is -2.15. The molecular weight excluding hydrogens is 944 g/mol. The van der Waals surface area contributed by atoms with Gasteiger partial charge in [0, 0.05) is 71.3 Å². The molecule has 0 bridgehead atoms. The fourth-order valence-corrected chi connectivity index (χ4v) is 8.62. The number of ether oxygens (including phenoxy) is 3. The zero-order valence-electron chi connectivity index (χ0n) is 39.1. The molecule has 0 radical (unpaired) electrons. The van der Waals surface area contributed by atoms with Crippen molar-refractivity contribution in [3.05, 3.63) is 88.0 Å². The van der Waals surface area contributed by atoms with Gasteiger partial charge in [0.05, 0.1) is 29.0 Å². The SMILES string of the molecule is CC(C)NC(=O)c1cn(COCC[Si](C)(C)C)c2ncc(-c3nn(C)c4ccc(Oc5cccc(Cl)c5)cc34)nc12.CC(C)NC(=O)c1cn(COCC[Si](C)(C)C)c2ncc(Br)nc12. The zero-order chi connectivity index (χ0) is 47.2. The summed E-state index contributed by atoms with van der Waals surface area (Å²) in [7, 11) is -0.465. The third-order valence-corrected chi connectivity index (χ3v) is 14.0. The molecule has 2 N–H and O–H groups in total. The van der Waals surface area contributed by atoms with Crippen molar-refractivity contribution in [2.45, 2.75) is 105 Å². The van der Waals surface area contributed by atoms with E-state index < -0.39 is 16.1 Å². The highest BCUT2D eigenvalue weighted by Gasteiger charge is 2.23. The normalized spacial score (nSPS) is 12.0. The van der Waals surface area contributed by atoms with E-state index in [2.05, 4.69) is 75.8 Å². The van der Waals surface area contributed by atoms with Crippen LogP contribution in [-0.4, -0.2) is 92.1 Å². The molecule has 0 atom stereocenters. The first-order valence-electron chi connectivity index (χ1n) is 21.7. The van der Waals surface area contributed by atoms with E-state index in [1.54, 1.807) is 41.6 Å². The summed E-state index contributed by atoms with van der Waals surface area (Å²) in [6.45, 7) is 23.7. The highest BCUT2D eigenvalue weighted by atomic mass is 79.9. The monoisotopic (exact) mass is 1000 g/mol. The summed E-state index contributed by atoms with van der Waals surface area (Å²) in [6, 6.07) is 15.2.